The summed E-state index contributed by atoms with van der Waals surface area (Å²) in [5.41, 5.74) is 3.35. The number of hydrogen-bond acceptors (Lipinski definition) is 5. The molecule has 0 aliphatic rings. The zero-order chi connectivity index (χ0) is 19.3. The van der Waals surface area contributed by atoms with Crippen molar-refractivity contribution in [2.24, 2.45) is 0 Å². The molecule has 3 aromatic heterocycles. The molecule has 1 N–H and O–H groups in total. The first-order valence-electron chi connectivity index (χ1n) is 9.18. The van der Waals surface area contributed by atoms with Gasteiger partial charge in [-0.25, -0.2) is 4.98 Å². The molecule has 0 amide bonds. The van der Waals surface area contributed by atoms with E-state index in [1.54, 1.807) is 24.7 Å². The van der Waals surface area contributed by atoms with Gasteiger partial charge in [-0.2, -0.15) is 0 Å². The van der Waals surface area contributed by atoms with Crippen molar-refractivity contribution < 1.29 is 4.74 Å². The largest absolute Gasteiger partial charge is 0.494 e. The Morgan fingerprint density at radius 2 is 1.86 bits per heavy atom. The summed E-state index contributed by atoms with van der Waals surface area (Å²) in [5.74, 6) is 1.13. The number of rotatable bonds is 6. The van der Waals surface area contributed by atoms with Crippen LogP contribution in [0.5, 0.6) is 5.75 Å². The highest BCUT2D eigenvalue weighted by atomic mass is 16.5. The highest BCUT2D eigenvalue weighted by Gasteiger charge is 2.08. The highest BCUT2D eigenvalue weighted by Crippen LogP contribution is 2.20. The SMILES string of the molecule is C.Cc1ccnc(-c2nc3ccc(OCCCc4ccncc4)cc3c(=O)[nH]2)c1. The lowest BCUT2D eigenvalue weighted by Gasteiger charge is -2.08. The Labute approximate surface area is 169 Å². The lowest BCUT2D eigenvalue weighted by Crippen LogP contribution is -2.10. The summed E-state index contributed by atoms with van der Waals surface area (Å²) in [7, 11) is 0. The van der Waals surface area contributed by atoms with Crippen molar-refractivity contribution in [2.75, 3.05) is 6.61 Å². The smallest absolute Gasteiger partial charge is 0.259 e. The van der Waals surface area contributed by atoms with Crippen LogP contribution in [-0.2, 0) is 6.42 Å². The molecule has 0 aliphatic heterocycles. The third-order valence-electron chi connectivity index (χ3n) is 4.46. The maximum Gasteiger partial charge on any atom is 0.259 e. The first-order chi connectivity index (χ1) is 13.7. The molecule has 6 heteroatoms. The van der Waals surface area contributed by atoms with Crippen molar-refractivity contribution in [1.29, 1.82) is 0 Å². The monoisotopic (exact) mass is 388 g/mol. The number of nitrogens with one attached hydrogen (secondary N) is 1. The van der Waals surface area contributed by atoms with Crippen LogP contribution in [0.25, 0.3) is 22.4 Å². The van der Waals surface area contributed by atoms with Gasteiger partial charge in [0.05, 0.1) is 17.5 Å². The Morgan fingerprint density at radius 1 is 1.03 bits per heavy atom. The molecule has 29 heavy (non-hydrogen) atoms. The molecule has 6 nitrogen and oxygen atoms in total. The number of aromatic nitrogens is 4. The minimum atomic E-state index is -0.203. The van der Waals surface area contributed by atoms with Gasteiger partial charge in [-0.15, -0.1) is 0 Å². The fraction of sp³-hybridized carbons (Fsp3) is 0.217. The average Bonchev–Trinajstić information content (AvgIpc) is 2.72. The van der Waals surface area contributed by atoms with Gasteiger partial charge in [0, 0.05) is 18.6 Å². The molecule has 0 bridgehead atoms. The van der Waals surface area contributed by atoms with Crippen LogP contribution in [-0.4, -0.2) is 26.5 Å². The van der Waals surface area contributed by atoms with Gasteiger partial charge in [0.15, 0.2) is 5.82 Å². The molecule has 0 spiro atoms. The molecule has 0 atom stereocenters. The molecular weight excluding hydrogens is 364 g/mol. The summed E-state index contributed by atoms with van der Waals surface area (Å²) >= 11 is 0. The van der Waals surface area contributed by atoms with Gasteiger partial charge >= 0.3 is 0 Å². The lowest BCUT2D eigenvalue weighted by atomic mass is 10.1. The third-order valence-corrected chi connectivity index (χ3v) is 4.46. The summed E-state index contributed by atoms with van der Waals surface area (Å²) in [5, 5.41) is 0.503. The van der Waals surface area contributed by atoms with E-state index in [-0.39, 0.29) is 13.0 Å². The molecule has 148 valence electrons. The highest BCUT2D eigenvalue weighted by molar-refractivity contribution is 5.80. The minimum Gasteiger partial charge on any atom is -0.494 e. The third kappa shape index (κ3) is 4.85. The van der Waals surface area contributed by atoms with E-state index in [1.165, 1.54) is 5.56 Å². The van der Waals surface area contributed by atoms with Gasteiger partial charge in [0.25, 0.3) is 5.56 Å². The first-order valence-corrected chi connectivity index (χ1v) is 9.18. The number of pyridine rings is 2. The molecular formula is C23H24N4O2. The molecule has 0 aliphatic carbocycles. The minimum absolute atomic E-state index is 0. The van der Waals surface area contributed by atoms with E-state index < -0.39 is 0 Å². The number of nitrogens with zero attached hydrogens (tertiary/aromatic N) is 3. The zero-order valence-electron chi connectivity index (χ0n) is 15.6. The molecule has 4 rings (SSSR count). The maximum absolute atomic E-state index is 12.5. The Morgan fingerprint density at radius 3 is 2.66 bits per heavy atom. The van der Waals surface area contributed by atoms with Crippen molar-refractivity contribution in [2.45, 2.75) is 27.2 Å². The second-order valence-corrected chi connectivity index (χ2v) is 6.62. The van der Waals surface area contributed by atoms with Crippen LogP contribution >= 0.6 is 0 Å². The molecule has 0 saturated heterocycles. The number of ether oxygens (including phenoxy) is 1. The van der Waals surface area contributed by atoms with Crippen LogP contribution in [0.3, 0.4) is 0 Å². The van der Waals surface area contributed by atoms with Crippen molar-refractivity contribution in [1.82, 2.24) is 19.9 Å². The van der Waals surface area contributed by atoms with Gasteiger partial charge in [-0.05, 0) is 73.4 Å². The number of H-pyrrole nitrogens is 1. The molecule has 0 radical (unpaired) electrons. The van der Waals surface area contributed by atoms with Crippen molar-refractivity contribution >= 4 is 10.9 Å². The normalized spacial score (nSPS) is 10.5. The van der Waals surface area contributed by atoms with Crippen LogP contribution in [0.4, 0.5) is 0 Å². The summed E-state index contributed by atoms with van der Waals surface area (Å²) in [6.45, 7) is 2.55. The van der Waals surface area contributed by atoms with Gasteiger partial charge < -0.3 is 9.72 Å². The van der Waals surface area contributed by atoms with Crippen LogP contribution < -0.4 is 10.3 Å². The predicted molar refractivity (Wildman–Crippen MR) is 115 cm³/mol. The van der Waals surface area contributed by atoms with Crippen LogP contribution in [0.2, 0.25) is 0 Å². The number of fused-ring (bicyclic) bond motifs is 1. The fourth-order valence-electron chi connectivity index (χ4n) is 3.01. The standard InChI is InChI=1S/C22H20N4O2.CH4/c1-15-6-11-24-20(13-15)21-25-19-5-4-17(14-18(19)22(27)26-21)28-12-2-3-16-7-9-23-10-8-16;/h4-11,13-14H,2-3,12H2,1H3,(H,25,26,27);1H4. The Bertz CT molecular complexity index is 1160. The van der Waals surface area contributed by atoms with Crippen molar-refractivity contribution in [3.05, 3.63) is 82.5 Å². The molecule has 0 saturated carbocycles. The summed E-state index contributed by atoms with van der Waals surface area (Å²) in [6.07, 6.45) is 7.09. The van der Waals surface area contributed by atoms with Crippen LogP contribution in [0, 0.1) is 6.92 Å². The topological polar surface area (TPSA) is 80.8 Å². The lowest BCUT2D eigenvalue weighted by molar-refractivity contribution is 0.311. The predicted octanol–water partition coefficient (Wildman–Crippen LogP) is 4.34. The Balaban J connectivity index is 0.00000240. The Hall–Kier alpha value is -3.54. The van der Waals surface area contributed by atoms with Gasteiger partial charge in [-0.1, -0.05) is 7.43 Å². The number of aromatic amines is 1. The van der Waals surface area contributed by atoms with E-state index in [2.05, 4.69) is 19.9 Å². The Kier molecular flexibility index (Phi) is 6.34. The quantitative estimate of drug-likeness (QED) is 0.497. The van der Waals surface area contributed by atoms with E-state index in [9.17, 15) is 4.79 Å². The van der Waals surface area contributed by atoms with E-state index in [1.807, 2.05) is 43.3 Å². The van der Waals surface area contributed by atoms with E-state index in [0.717, 1.165) is 18.4 Å². The average molecular weight is 388 g/mol. The number of benzene rings is 1. The van der Waals surface area contributed by atoms with Gasteiger partial charge in [0.2, 0.25) is 0 Å². The van der Waals surface area contributed by atoms with E-state index in [4.69, 9.17) is 4.74 Å². The van der Waals surface area contributed by atoms with Gasteiger partial charge in [-0.3, -0.25) is 14.8 Å². The second-order valence-electron chi connectivity index (χ2n) is 6.62. The van der Waals surface area contributed by atoms with E-state index >= 15 is 0 Å². The van der Waals surface area contributed by atoms with Gasteiger partial charge in [0.1, 0.15) is 11.4 Å². The number of hydrogen-bond donors (Lipinski definition) is 1. The number of aryl methyl sites for hydroxylation is 2. The summed E-state index contributed by atoms with van der Waals surface area (Å²) < 4.78 is 5.81. The van der Waals surface area contributed by atoms with Crippen LogP contribution in [0.1, 0.15) is 25.0 Å². The first kappa shape index (κ1) is 20.2. The van der Waals surface area contributed by atoms with Crippen molar-refractivity contribution in [3.63, 3.8) is 0 Å². The molecule has 0 fully saturated rings. The molecule has 4 aromatic rings. The molecule has 3 heterocycles. The van der Waals surface area contributed by atoms with Crippen LogP contribution in [0.15, 0.2) is 65.8 Å². The van der Waals surface area contributed by atoms with Crippen molar-refractivity contribution in [3.8, 4) is 17.3 Å². The molecule has 0 unspecified atom stereocenters. The zero-order valence-corrected chi connectivity index (χ0v) is 15.6. The summed E-state index contributed by atoms with van der Waals surface area (Å²) in [4.78, 5) is 28.2. The molecule has 1 aromatic carbocycles. The van der Waals surface area contributed by atoms with E-state index in [0.29, 0.717) is 34.8 Å². The maximum atomic E-state index is 12.5. The summed E-state index contributed by atoms with van der Waals surface area (Å²) in [6, 6.07) is 13.2. The second kappa shape index (κ2) is 9.10. The fourth-order valence-corrected chi connectivity index (χ4v) is 3.01.